The zero-order chi connectivity index (χ0) is 13.7. The van der Waals surface area contributed by atoms with Crippen LogP contribution in [0.15, 0.2) is 30.6 Å². The summed E-state index contributed by atoms with van der Waals surface area (Å²) in [7, 11) is 0. The zero-order valence-corrected chi connectivity index (χ0v) is 10.5. The third-order valence-corrected chi connectivity index (χ3v) is 2.38. The molecule has 0 aliphatic rings. The molecule has 0 saturated heterocycles. The van der Waals surface area contributed by atoms with Crippen LogP contribution in [-0.2, 0) is 0 Å². The normalized spacial score (nSPS) is 10.3. The number of hydrogen-bond donors (Lipinski definition) is 2. The number of benzene rings is 1. The maximum atomic E-state index is 13.5. The maximum Gasteiger partial charge on any atom is 0.151 e. The highest BCUT2D eigenvalue weighted by Crippen LogP contribution is 2.19. The van der Waals surface area contributed by atoms with Crippen LogP contribution in [0.5, 0.6) is 0 Å². The van der Waals surface area contributed by atoms with Crippen LogP contribution in [-0.4, -0.2) is 16.5 Å². The summed E-state index contributed by atoms with van der Waals surface area (Å²) in [5.41, 5.74) is 0.156. The Bertz CT molecular complexity index is 560. The van der Waals surface area contributed by atoms with E-state index in [1.807, 2.05) is 6.92 Å². The van der Waals surface area contributed by atoms with Crippen LogP contribution in [0.2, 0.25) is 0 Å². The van der Waals surface area contributed by atoms with Crippen molar-refractivity contribution in [1.82, 2.24) is 9.97 Å². The van der Waals surface area contributed by atoms with Crippen molar-refractivity contribution in [3.8, 4) is 0 Å². The number of aromatic nitrogens is 2. The molecular formula is C13H14F2N4. The summed E-state index contributed by atoms with van der Waals surface area (Å²) >= 11 is 0. The van der Waals surface area contributed by atoms with Crippen molar-refractivity contribution in [2.75, 3.05) is 17.2 Å². The molecule has 0 atom stereocenters. The fourth-order valence-electron chi connectivity index (χ4n) is 1.49. The van der Waals surface area contributed by atoms with Crippen LogP contribution in [0, 0.1) is 11.6 Å². The quantitative estimate of drug-likeness (QED) is 0.869. The van der Waals surface area contributed by atoms with Crippen molar-refractivity contribution in [2.24, 2.45) is 0 Å². The number of halogens is 2. The van der Waals surface area contributed by atoms with Crippen molar-refractivity contribution in [1.29, 1.82) is 0 Å². The molecule has 6 heteroatoms. The molecule has 0 fully saturated rings. The van der Waals surface area contributed by atoms with Gasteiger partial charge in [-0.05, 0) is 18.6 Å². The third-order valence-electron chi connectivity index (χ3n) is 2.38. The summed E-state index contributed by atoms with van der Waals surface area (Å²) in [6.45, 7) is 2.82. The predicted molar refractivity (Wildman–Crippen MR) is 70.5 cm³/mol. The first-order valence-electron chi connectivity index (χ1n) is 5.97. The van der Waals surface area contributed by atoms with E-state index in [1.165, 1.54) is 18.3 Å². The number of anilines is 3. The highest BCUT2D eigenvalue weighted by Gasteiger charge is 2.05. The lowest BCUT2D eigenvalue weighted by molar-refractivity contribution is 0.586. The van der Waals surface area contributed by atoms with E-state index in [4.69, 9.17) is 0 Å². The molecule has 2 rings (SSSR count). The van der Waals surface area contributed by atoms with E-state index < -0.39 is 11.6 Å². The van der Waals surface area contributed by atoms with E-state index in [-0.39, 0.29) is 5.69 Å². The van der Waals surface area contributed by atoms with Gasteiger partial charge in [-0.2, -0.15) is 0 Å². The van der Waals surface area contributed by atoms with Gasteiger partial charge in [-0.1, -0.05) is 6.92 Å². The first kappa shape index (κ1) is 13.2. The lowest BCUT2D eigenvalue weighted by Gasteiger charge is -2.08. The van der Waals surface area contributed by atoms with Gasteiger partial charge in [0.25, 0.3) is 0 Å². The Kier molecular flexibility index (Phi) is 4.22. The Balaban J connectivity index is 2.14. The molecule has 4 nitrogen and oxygen atoms in total. The van der Waals surface area contributed by atoms with Crippen LogP contribution < -0.4 is 10.6 Å². The molecule has 0 unspecified atom stereocenters. The summed E-state index contributed by atoms with van der Waals surface area (Å²) in [5, 5.41) is 5.84. The lowest BCUT2D eigenvalue weighted by Crippen LogP contribution is -2.04. The maximum absolute atomic E-state index is 13.5. The zero-order valence-electron chi connectivity index (χ0n) is 10.5. The molecule has 1 aromatic carbocycles. The van der Waals surface area contributed by atoms with Gasteiger partial charge in [-0.15, -0.1) is 0 Å². The molecule has 0 spiro atoms. The Hall–Kier alpha value is -2.24. The van der Waals surface area contributed by atoms with Crippen LogP contribution in [0.3, 0.4) is 0 Å². The van der Waals surface area contributed by atoms with Crippen molar-refractivity contribution in [2.45, 2.75) is 13.3 Å². The molecule has 2 N–H and O–H groups in total. The van der Waals surface area contributed by atoms with Crippen LogP contribution in [0.4, 0.5) is 26.1 Å². The van der Waals surface area contributed by atoms with E-state index >= 15 is 0 Å². The van der Waals surface area contributed by atoms with Gasteiger partial charge in [0.1, 0.15) is 17.5 Å². The highest BCUT2D eigenvalue weighted by atomic mass is 19.1. The van der Waals surface area contributed by atoms with Crippen LogP contribution in [0.1, 0.15) is 13.3 Å². The van der Waals surface area contributed by atoms with E-state index in [9.17, 15) is 8.78 Å². The minimum Gasteiger partial charge on any atom is -0.369 e. The summed E-state index contributed by atoms with van der Waals surface area (Å²) in [5.74, 6) is -0.290. The molecule has 19 heavy (non-hydrogen) atoms. The standard InChI is InChI=1S/C13H14F2N4/c1-2-5-17-12-7-16-8-13(19-12)18-11-4-3-9(14)6-10(11)15/h3-4,6-8H,2,5H2,1H3,(H2,17,18,19). The molecule has 0 amide bonds. The lowest BCUT2D eigenvalue weighted by atomic mass is 10.3. The predicted octanol–water partition coefficient (Wildman–Crippen LogP) is 3.32. The molecule has 0 saturated carbocycles. The van der Waals surface area contributed by atoms with Crippen LogP contribution >= 0.6 is 0 Å². The monoisotopic (exact) mass is 264 g/mol. The first-order chi connectivity index (χ1) is 9.19. The number of rotatable bonds is 5. The summed E-state index contributed by atoms with van der Waals surface area (Å²) in [4.78, 5) is 8.22. The summed E-state index contributed by atoms with van der Waals surface area (Å²) in [6.07, 6.45) is 4.02. The molecule has 0 bridgehead atoms. The molecule has 0 radical (unpaired) electrons. The van der Waals surface area contributed by atoms with Crippen molar-refractivity contribution in [3.05, 3.63) is 42.2 Å². The third kappa shape index (κ3) is 3.61. The van der Waals surface area contributed by atoms with Crippen molar-refractivity contribution >= 4 is 17.3 Å². The Morgan fingerprint density at radius 1 is 1.16 bits per heavy atom. The average molecular weight is 264 g/mol. The van der Waals surface area contributed by atoms with Gasteiger partial charge in [0, 0.05) is 12.6 Å². The number of nitrogens with zero attached hydrogens (tertiary/aromatic N) is 2. The van der Waals surface area contributed by atoms with Gasteiger partial charge in [0.15, 0.2) is 5.82 Å². The van der Waals surface area contributed by atoms with E-state index in [1.54, 1.807) is 6.20 Å². The molecular weight excluding hydrogens is 250 g/mol. The SMILES string of the molecule is CCCNc1cncc(Nc2ccc(F)cc2F)n1. The Morgan fingerprint density at radius 2 is 1.95 bits per heavy atom. The fourth-order valence-corrected chi connectivity index (χ4v) is 1.49. The van der Waals surface area contributed by atoms with Gasteiger partial charge < -0.3 is 10.6 Å². The second-order valence-electron chi connectivity index (χ2n) is 3.97. The second-order valence-corrected chi connectivity index (χ2v) is 3.97. The molecule has 0 aliphatic heterocycles. The van der Waals surface area contributed by atoms with Gasteiger partial charge >= 0.3 is 0 Å². The minimum atomic E-state index is -0.672. The van der Waals surface area contributed by atoms with E-state index in [0.717, 1.165) is 19.0 Å². The fraction of sp³-hybridized carbons (Fsp3) is 0.231. The Morgan fingerprint density at radius 3 is 2.68 bits per heavy atom. The summed E-state index contributed by atoms with van der Waals surface area (Å²) in [6, 6.07) is 3.31. The second kappa shape index (κ2) is 6.08. The van der Waals surface area contributed by atoms with Gasteiger partial charge in [0.2, 0.25) is 0 Å². The van der Waals surface area contributed by atoms with Gasteiger partial charge in [-0.25, -0.2) is 13.8 Å². The van der Waals surface area contributed by atoms with Gasteiger partial charge in [-0.3, -0.25) is 4.98 Å². The average Bonchev–Trinajstić information content (AvgIpc) is 2.40. The van der Waals surface area contributed by atoms with Crippen molar-refractivity contribution < 1.29 is 8.78 Å². The topological polar surface area (TPSA) is 49.8 Å². The van der Waals surface area contributed by atoms with E-state index in [0.29, 0.717) is 11.6 Å². The van der Waals surface area contributed by atoms with Gasteiger partial charge in [0.05, 0.1) is 18.1 Å². The first-order valence-corrected chi connectivity index (χ1v) is 5.97. The molecule has 100 valence electrons. The van der Waals surface area contributed by atoms with Crippen molar-refractivity contribution in [3.63, 3.8) is 0 Å². The molecule has 2 aromatic rings. The largest absolute Gasteiger partial charge is 0.369 e. The molecule has 1 aromatic heterocycles. The highest BCUT2D eigenvalue weighted by molar-refractivity contribution is 5.57. The number of nitrogens with one attached hydrogen (secondary N) is 2. The smallest absolute Gasteiger partial charge is 0.151 e. The minimum absolute atomic E-state index is 0.156. The molecule has 1 heterocycles. The Labute approximate surface area is 109 Å². The van der Waals surface area contributed by atoms with E-state index in [2.05, 4.69) is 20.6 Å². The number of hydrogen-bond acceptors (Lipinski definition) is 4. The van der Waals surface area contributed by atoms with Crippen LogP contribution in [0.25, 0.3) is 0 Å². The molecule has 0 aliphatic carbocycles. The summed E-state index contributed by atoms with van der Waals surface area (Å²) < 4.78 is 26.3.